The van der Waals surface area contributed by atoms with E-state index < -0.39 is 0 Å². The van der Waals surface area contributed by atoms with Crippen molar-refractivity contribution >= 4 is 17.3 Å². The van der Waals surface area contributed by atoms with E-state index in [0.29, 0.717) is 6.04 Å². The van der Waals surface area contributed by atoms with E-state index in [2.05, 4.69) is 50.1 Å². The molecule has 1 aromatic rings. The number of hydrogen-bond donors (Lipinski definition) is 0. The summed E-state index contributed by atoms with van der Waals surface area (Å²) in [5.41, 5.74) is 4.18. The molecule has 20 heavy (non-hydrogen) atoms. The molecule has 1 atom stereocenters. The van der Waals surface area contributed by atoms with Crippen LogP contribution in [-0.2, 0) is 0 Å². The third-order valence-electron chi connectivity index (χ3n) is 3.94. The molecule has 2 heteroatoms. The van der Waals surface area contributed by atoms with Crippen LogP contribution in [0.15, 0.2) is 47.7 Å². The second kappa shape index (κ2) is 6.99. The van der Waals surface area contributed by atoms with Gasteiger partial charge in [-0.2, -0.15) is 0 Å². The van der Waals surface area contributed by atoms with Gasteiger partial charge in [0.2, 0.25) is 0 Å². The first-order chi connectivity index (χ1) is 9.69. The zero-order chi connectivity index (χ0) is 14.5. The quantitative estimate of drug-likeness (QED) is 0.646. The Kier molecular flexibility index (Phi) is 5.31. The molecule has 1 aliphatic rings. The molecule has 0 aliphatic carbocycles. The van der Waals surface area contributed by atoms with Crippen LogP contribution >= 0.6 is 11.6 Å². The molecule has 1 nitrogen and oxygen atoms in total. The van der Waals surface area contributed by atoms with E-state index in [9.17, 15) is 0 Å². The molecular weight excluding hydrogens is 266 g/mol. The second-order valence-electron chi connectivity index (χ2n) is 5.32. The lowest BCUT2D eigenvalue weighted by Crippen LogP contribution is -2.35. The summed E-state index contributed by atoms with van der Waals surface area (Å²) in [5, 5.41) is 0.795. The highest BCUT2D eigenvalue weighted by Gasteiger charge is 2.23. The Morgan fingerprint density at radius 1 is 1.05 bits per heavy atom. The fraction of sp³-hybridized carbons (Fsp3) is 0.444. The molecule has 1 unspecified atom stereocenters. The predicted molar refractivity (Wildman–Crippen MR) is 89.4 cm³/mol. The third kappa shape index (κ3) is 3.27. The summed E-state index contributed by atoms with van der Waals surface area (Å²) < 4.78 is 0. The summed E-state index contributed by atoms with van der Waals surface area (Å²) in [4.78, 5) is 2.43. The van der Waals surface area contributed by atoms with Crippen molar-refractivity contribution in [3.63, 3.8) is 0 Å². The molecule has 1 aromatic carbocycles. The first-order valence-corrected chi connectivity index (χ1v) is 8.02. The molecule has 0 aromatic heterocycles. The van der Waals surface area contributed by atoms with Gasteiger partial charge in [0.05, 0.1) is 6.04 Å². The largest absolute Gasteiger partial charge is 0.341 e. The number of nitrogens with zero attached hydrogens (tertiary/aromatic N) is 1. The molecule has 0 saturated carbocycles. The van der Waals surface area contributed by atoms with Crippen molar-refractivity contribution in [2.24, 2.45) is 0 Å². The van der Waals surface area contributed by atoms with Crippen LogP contribution in [0.2, 0.25) is 5.02 Å². The summed E-state index contributed by atoms with van der Waals surface area (Å²) in [6.07, 6.45) is 9.28. The lowest BCUT2D eigenvalue weighted by Gasteiger charge is -2.36. The fourth-order valence-corrected chi connectivity index (χ4v) is 2.94. The zero-order valence-electron chi connectivity index (χ0n) is 12.7. The minimum Gasteiger partial charge on any atom is -0.341 e. The van der Waals surface area contributed by atoms with Gasteiger partial charge in [0.25, 0.3) is 0 Å². The van der Waals surface area contributed by atoms with Crippen molar-refractivity contribution in [2.45, 2.75) is 52.5 Å². The monoisotopic (exact) mass is 289 g/mol. The van der Waals surface area contributed by atoms with Gasteiger partial charge >= 0.3 is 0 Å². The highest BCUT2D eigenvalue weighted by Crippen LogP contribution is 2.32. The summed E-state index contributed by atoms with van der Waals surface area (Å²) in [6.45, 7) is 6.73. The molecule has 1 heterocycles. The molecule has 1 aliphatic heterocycles. The van der Waals surface area contributed by atoms with Crippen LogP contribution in [0.25, 0.3) is 0 Å². The maximum absolute atomic E-state index is 6.01. The van der Waals surface area contributed by atoms with E-state index in [0.717, 1.165) is 17.9 Å². The summed E-state index contributed by atoms with van der Waals surface area (Å²) in [5.74, 6) is 0. The molecule has 0 saturated heterocycles. The molecule has 0 bridgehead atoms. The maximum Gasteiger partial charge on any atom is 0.0548 e. The van der Waals surface area contributed by atoms with Crippen molar-refractivity contribution in [2.75, 3.05) is 4.90 Å². The van der Waals surface area contributed by atoms with Crippen molar-refractivity contribution in [1.29, 1.82) is 0 Å². The van der Waals surface area contributed by atoms with E-state index >= 15 is 0 Å². The molecule has 2 rings (SSSR count). The zero-order valence-corrected chi connectivity index (χ0v) is 13.5. The van der Waals surface area contributed by atoms with E-state index in [1.807, 2.05) is 12.1 Å². The number of benzene rings is 1. The van der Waals surface area contributed by atoms with Gasteiger partial charge in [-0.05, 0) is 54.7 Å². The van der Waals surface area contributed by atoms with Crippen LogP contribution in [0.5, 0.6) is 0 Å². The fourth-order valence-electron chi connectivity index (χ4n) is 2.82. The first-order valence-electron chi connectivity index (χ1n) is 7.64. The Morgan fingerprint density at radius 2 is 1.75 bits per heavy atom. The third-order valence-corrected chi connectivity index (χ3v) is 4.19. The topological polar surface area (TPSA) is 3.24 Å². The van der Waals surface area contributed by atoms with Crippen LogP contribution < -0.4 is 4.90 Å². The molecule has 0 N–H and O–H groups in total. The van der Waals surface area contributed by atoms with Gasteiger partial charge < -0.3 is 4.90 Å². The number of anilines is 1. The highest BCUT2D eigenvalue weighted by molar-refractivity contribution is 6.30. The Morgan fingerprint density at radius 3 is 2.30 bits per heavy atom. The smallest absolute Gasteiger partial charge is 0.0548 e. The van der Waals surface area contributed by atoms with Gasteiger partial charge in [0.1, 0.15) is 0 Å². The average molecular weight is 290 g/mol. The number of allylic oxidation sites excluding steroid dienone is 2. The van der Waals surface area contributed by atoms with Crippen LogP contribution in [0.4, 0.5) is 5.69 Å². The first kappa shape index (κ1) is 15.2. The Bertz CT molecular complexity index is 499. The molecule has 0 amide bonds. The lowest BCUT2D eigenvalue weighted by molar-refractivity contribution is 0.626. The lowest BCUT2D eigenvalue weighted by atomic mass is 9.92. The SMILES string of the molecule is CCCC1C(CC)=CC(CC)=CN1c1ccc(Cl)cc1. The van der Waals surface area contributed by atoms with Crippen molar-refractivity contribution in [3.05, 3.63) is 52.7 Å². The van der Waals surface area contributed by atoms with Gasteiger partial charge in [-0.15, -0.1) is 0 Å². The van der Waals surface area contributed by atoms with E-state index in [-0.39, 0.29) is 0 Å². The van der Waals surface area contributed by atoms with Crippen molar-refractivity contribution in [3.8, 4) is 0 Å². The Hall–Kier alpha value is -1.21. The second-order valence-corrected chi connectivity index (χ2v) is 5.75. The minimum atomic E-state index is 0.487. The van der Waals surface area contributed by atoms with Gasteiger partial charge in [0, 0.05) is 16.9 Å². The summed E-state index contributed by atoms with van der Waals surface area (Å²) in [6, 6.07) is 8.68. The minimum absolute atomic E-state index is 0.487. The van der Waals surface area contributed by atoms with Crippen LogP contribution in [0, 0.1) is 0 Å². The van der Waals surface area contributed by atoms with Crippen LogP contribution in [0.3, 0.4) is 0 Å². The predicted octanol–water partition coefficient (Wildman–Crippen LogP) is 5.96. The van der Waals surface area contributed by atoms with Gasteiger partial charge in [-0.1, -0.05) is 44.9 Å². The summed E-state index contributed by atoms with van der Waals surface area (Å²) >= 11 is 6.01. The Balaban J connectivity index is 2.38. The molecule has 108 valence electrons. The summed E-state index contributed by atoms with van der Waals surface area (Å²) in [7, 11) is 0. The molecule has 0 spiro atoms. The normalized spacial score (nSPS) is 18.8. The maximum atomic E-state index is 6.01. The van der Waals surface area contributed by atoms with Crippen LogP contribution in [-0.4, -0.2) is 6.04 Å². The van der Waals surface area contributed by atoms with Gasteiger partial charge in [-0.3, -0.25) is 0 Å². The van der Waals surface area contributed by atoms with Crippen LogP contribution in [0.1, 0.15) is 46.5 Å². The van der Waals surface area contributed by atoms with E-state index in [1.54, 1.807) is 5.57 Å². The number of hydrogen-bond acceptors (Lipinski definition) is 1. The molecular formula is C18H24ClN. The number of halogens is 1. The highest BCUT2D eigenvalue weighted by atomic mass is 35.5. The van der Waals surface area contributed by atoms with Gasteiger partial charge in [-0.25, -0.2) is 0 Å². The average Bonchev–Trinajstić information content (AvgIpc) is 2.48. The Labute approximate surface area is 127 Å². The van der Waals surface area contributed by atoms with Crippen molar-refractivity contribution in [1.82, 2.24) is 0 Å². The molecule has 0 radical (unpaired) electrons. The molecule has 0 fully saturated rings. The standard InChI is InChI=1S/C18H24ClN/c1-4-7-18-15(6-3)12-14(5-2)13-20(18)17-10-8-16(19)9-11-17/h8-13,18H,4-7H2,1-3H3. The van der Waals surface area contributed by atoms with E-state index in [4.69, 9.17) is 11.6 Å². The number of rotatable bonds is 5. The van der Waals surface area contributed by atoms with E-state index in [1.165, 1.54) is 24.1 Å². The van der Waals surface area contributed by atoms with Crippen molar-refractivity contribution < 1.29 is 0 Å². The van der Waals surface area contributed by atoms with Gasteiger partial charge in [0.15, 0.2) is 0 Å².